The van der Waals surface area contributed by atoms with E-state index in [9.17, 15) is 0 Å². The quantitative estimate of drug-likeness (QED) is 0.714. The van der Waals surface area contributed by atoms with E-state index in [-0.39, 0.29) is 0 Å². The van der Waals surface area contributed by atoms with Gasteiger partial charge in [0.2, 0.25) is 0 Å². The predicted octanol–water partition coefficient (Wildman–Crippen LogP) is 3.88. The minimum atomic E-state index is 0.746. The Labute approximate surface area is 123 Å². The molecule has 3 aromatic rings. The molecule has 0 radical (unpaired) electrons. The van der Waals surface area contributed by atoms with Gasteiger partial charge in [0, 0.05) is 16.8 Å². The van der Waals surface area contributed by atoms with Crippen LogP contribution in [0.5, 0.6) is 5.75 Å². The van der Waals surface area contributed by atoms with Gasteiger partial charge in [0.25, 0.3) is 0 Å². The SMILES string of the molecule is COc1ccc(Nc2ccc3cc(N)ccc3n2)cc1C. The number of nitrogens with zero attached hydrogens (tertiary/aromatic N) is 1. The molecule has 0 bridgehead atoms. The lowest BCUT2D eigenvalue weighted by Gasteiger charge is -2.10. The van der Waals surface area contributed by atoms with Gasteiger partial charge in [-0.15, -0.1) is 0 Å². The van der Waals surface area contributed by atoms with Crippen LogP contribution < -0.4 is 15.8 Å². The van der Waals surface area contributed by atoms with Gasteiger partial charge in [-0.2, -0.15) is 0 Å². The normalized spacial score (nSPS) is 10.6. The van der Waals surface area contributed by atoms with Crippen LogP contribution in [-0.2, 0) is 0 Å². The number of fused-ring (bicyclic) bond motifs is 1. The Balaban J connectivity index is 1.91. The maximum atomic E-state index is 5.77. The highest BCUT2D eigenvalue weighted by atomic mass is 16.5. The zero-order valence-electron chi connectivity index (χ0n) is 12.1. The Morgan fingerprint density at radius 2 is 1.90 bits per heavy atom. The molecule has 0 aliphatic rings. The minimum Gasteiger partial charge on any atom is -0.496 e. The summed E-state index contributed by atoms with van der Waals surface area (Å²) in [6, 6.07) is 15.6. The number of rotatable bonds is 3. The van der Waals surface area contributed by atoms with Crippen molar-refractivity contribution in [2.45, 2.75) is 6.92 Å². The molecule has 106 valence electrons. The Hall–Kier alpha value is -2.75. The van der Waals surface area contributed by atoms with Crippen molar-refractivity contribution in [2.24, 2.45) is 0 Å². The molecule has 0 aliphatic heterocycles. The Bertz CT molecular complexity index is 799. The molecule has 0 spiro atoms. The second-order valence-electron chi connectivity index (χ2n) is 4.96. The molecule has 3 N–H and O–H groups in total. The molecule has 1 aromatic heterocycles. The standard InChI is InChI=1S/C17H17N3O/c1-11-9-14(5-7-16(11)21-2)19-17-8-3-12-10-13(18)4-6-15(12)20-17/h3-10H,18H2,1-2H3,(H,19,20). The van der Waals surface area contributed by atoms with Crippen LogP contribution in [0.1, 0.15) is 5.56 Å². The number of hydrogen-bond donors (Lipinski definition) is 2. The maximum absolute atomic E-state index is 5.77. The molecule has 4 nitrogen and oxygen atoms in total. The van der Waals surface area contributed by atoms with E-state index in [2.05, 4.69) is 10.3 Å². The van der Waals surface area contributed by atoms with Gasteiger partial charge < -0.3 is 15.8 Å². The molecular weight excluding hydrogens is 262 g/mol. The average molecular weight is 279 g/mol. The molecule has 0 fully saturated rings. The van der Waals surface area contributed by atoms with E-state index < -0.39 is 0 Å². The first-order valence-electron chi connectivity index (χ1n) is 6.74. The molecule has 4 heteroatoms. The number of nitrogens with one attached hydrogen (secondary N) is 1. The molecule has 0 saturated heterocycles. The molecule has 1 heterocycles. The zero-order chi connectivity index (χ0) is 14.8. The Morgan fingerprint density at radius 3 is 2.67 bits per heavy atom. The number of nitrogen functional groups attached to an aromatic ring is 1. The maximum Gasteiger partial charge on any atom is 0.131 e. The number of pyridine rings is 1. The molecule has 0 aliphatic carbocycles. The van der Waals surface area contributed by atoms with E-state index in [1.54, 1.807) is 7.11 Å². The third-order valence-electron chi connectivity index (χ3n) is 3.38. The lowest BCUT2D eigenvalue weighted by molar-refractivity contribution is 0.412. The summed E-state index contributed by atoms with van der Waals surface area (Å²) in [5.74, 6) is 1.68. The zero-order valence-corrected chi connectivity index (χ0v) is 12.1. The van der Waals surface area contributed by atoms with Crippen molar-refractivity contribution in [1.29, 1.82) is 0 Å². The van der Waals surface area contributed by atoms with Gasteiger partial charge >= 0.3 is 0 Å². The highest BCUT2D eigenvalue weighted by molar-refractivity contribution is 5.83. The van der Waals surface area contributed by atoms with Crippen molar-refractivity contribution in [3.05, 3.63) is 54.1 Å². The predicted molar refractivity (Wildman–Crippen MR) is 87.2 cm³/mol. The van der Waals surface area contributed by atoms with Gasteiger partial charge in [-0.25, -0.2) is 4.98 Å². The summed E-state index contributed by atoms with van der Waals surface area (Å²) < 4.78 is 5.26. The summed E-state index contributed by atoms with van der Waals surface area (Å²) in [5.41, 5.74) is 9.50. The van der Waals surface area contributed by atoms with Crippen molar-refractivity contribution >= 4 is 28.1 Å². The minimum absolute atomic E-state index is 0.746. The fraction of sp³-hybridized carbons (Fsp3) is 0.118. The van der Waals surface area contributed by atoms with E-state index in [1.807, 2.05) is 55.5 Å². The van der Waals surface area contributed by atoms with Crippen LogP contribution in [-0.4, -0.2) is 12.1 Å². The first-order chi connectivity index (χ1) is 10.2. The highest BCUT2D eigenvalue weighted by Crippen LogP contribution is 2.25. The summed E-state index contributed by atoms with van der Waals surface area (Å²) in [6.07, 6.45) is 0. The number of aromatic nitrogens is 1. The van der Waals surface area contributed by atoms with Gasteiger partial charge in [-0.1, -0.05) is 0 Å². The van der Waals surface area contributed by atoms with E-state index in [0.717, 1.165) is 39.4 Å². The van der Waals surface area contributed by atoms with Gasteiger partial charge in [-0.3, -0.25) is 0 Å². The summed E-state index contributed by atoms with van der Waals surface area (Å²) in [4.78, 5) is 4.59. The van der Waals surface area contributed by atoms with E-state index >= 15 is 0 Å². The monoisotopic (exact) mass is 279 g/mol. The summed E-state index contributed by atoms with van der Waals surface area (Å²) in [7, 11) is 1.67. The average Bonchev–Trinajstić information content (AvgIpc) is 2.48. The van der Waals surface area contributed by atoms with Gasteiger partial charge in [-0.05, 0) is 61.0 Å². The summed E-state index contributed by atoms with van der Waals surface area (Å²) >= 11 is 0. The second kappa shape index (κ2) is 5.32. The second-order valence-corrected chi connectivity index (χ2v) is 4.96. The summed E-state index contributed by atoms with van der Waals surface area (Å²) in [5, 5.41) is 4.34. The van der Waals surface area contributed by atoms with Crippen LogP contribution in [0.25, 0.3) is 10.9 Å². The lowest BCUT2D eigenvalue weighted by atomic mass is 10.2. The molecule has 0 saturated carbocycles. The Morgan fingerprint density at radius 1 is 1.05 bits per heavy atom. The largest absolute Gasteiger partial charge is 0.496 e. The van der Waals surface area contributed by atoms with Crippen LogP contribution in [0.2, 0.25) is 0 Å². The van der Waals surface area contributed by atoms with Crippen molar-refractivity contribution in [1.82, 2.24) is 4.98 Å². The topological polar surface area (TPSA) is 60.2 Å². The van der Waals surface area contributed by atoms with Gasteiger partial charge in [0.05, 0.1) is 12.6 Å². The summed E-state index contributed by atoms with van der Waals surface area (Å²) in [6.45, 7) is 2.01. The Kier molecular flexibility index (Phi) is 3.36. The fourth-order valence-electron chi connectivity index (χ4n) is 2.32. The number of hydrogen-bond acceptors (Lipinski definition) is 4. The highest BCUT2D eigenvalue weighted by Gasteiger charge is 2.02. The molecule has 0 atom stereocenters. The van der Waals surface area contributed by atoms with Crippen molar-refractivity contribution in [2.75, 3.05) is 18.2 Å². The van der Waals surface area contributed by atoms with Crippen molar-refractivity contribution in [3.8, 4) is 5.75 Å². The molecular formula is C17H17N3O. The number of aryl methyl sites for hydroxylation is 1. The first-order valence-corrected chi connectivity index (χ1v) is 6.74. The molecule has 0 amide bonds. The molecule has 2 aromatic carbocycles. The van der Waals surface area contributed by atoms with Gasteiger partial charge in [0.15, 0.2) is 0 Å². The number of anilines is 3. The lowest BCUT2D eigenvalue weighted by Crippen LogP contribution is -1.95. The molecule has 21 heavy (non-hydrogen) atoms. The van der Waals surface area contributed by atoms with E-state index in [4.69, 9.17) is 10.5 Å². The molecule has 0 unspecified atom stereocenters. The first kappa shape index (κ1) is 13.2. The van der Waals surface area contributed by atoms with Crippen LogP contribution in [0, 0.1) is 6.92 Å². The third-order valence-corrected chi connectivity index (χ3v) is 3.38. The number of ether oxygens (including phenoxy) is 1. The number of methoxy groups -OCH3 is 1. The van der Waals surface area contributed by atoms with Crippen LogP contribution >= 0.6 is 0 Å². The van der Waals surface area contributed by atoms with Gasteiger partial charge in [0.1, 0.15) is 11.6 Å². The fourth-order valence-corrected chi connectivity index (χ4v) is 2.32. The number of benzene rings is 2. The van der Waals surface area contributed by atoms with E-state index in [0.29, 0.717) is 0 Å². The third kappa shape index (κ3) is 2.74. The van der Waals surface area contributed by atoms with Crippen LogP contribution in [0.3, 0.4) is 0 Å². The van der Waals surface area contributed by atoms with Crippen molar-refractivity contribution < 1.29 is 4.74 Å². The smallest absolute Gasteiger partial charge is 0.131 e. The van der Waals surface area contributed by atoms with Crippen molar-refractivity contribution in [3.63, 3.8) is 0 Å². The van der Waals surface area contributed by atoms with E-state index in [1.165, 1.54) is 0 Å². The number of nitrogens with two attached hydrogens (primary N) is 1. The molecule has 3 rings (SSSR count). The van der Waals surface area contributed by atoms with Crippen LogP contribution in [0.4, 0.5) is 17.2 Å². The van der Waals surface area contributed by atoms with Crippen LogP contribution in [0.15, 0.2) is 48.5 Å².